The molecule has 166 valence electrons. The van der Waals surface area contributed by atoms with Crippen LogP contribution in [0.15, 0.2) is 24.3 Å². The first-order chi connectivity index (χ1) is 14.5. The van der Waals surface area contributed by atoms with Gasteiger partial charge in [-0.3, -0.25) is 14.5 Å². The lowest BCUT2D eigenvalue weighted by atomic mass is 9.95. The maximum Gasteiger partial charge on any atom is 0.253 e. The third-order valence-electron chi connectivity index (χ3n) is 6.57. The van der Waals surface area contributed by atoms with Crippen LogP contribution >= 0.6 is 0 Å². The lowest BCUT2D eigenvalue weighted by molar-refractivity contribution is 0.0541. The zero-order valence-corrected chi connectivity index (χ0v) is 18.8. The molecule has 30 heavy (non-hydrogen) atoms. The van der Waals surface area contributed by atoms with Crippen LogP contribution in [0.3, 0.4) is 0 Å². The number of nitrogens with zero attached hydrogens (tertiary/aromatic N) is 3. The maximum absolute atomic E-state index is 12.9. The summed E-state index contributed by atoms with van der Waals surface area (Å²) in [6.45, 7) is 10.1. The van der Waals surface area contributed by atoms with Crippen LogP contribution in [0.5, 0.6) is 0 Å². The van der Waals surface area contributed by atoms with E-state index >= 15 is 0 Å². The summed E-state index contributed by atoms with van der Waals surface area (Å²) >= 11 is 0. The highest BCUT2D eigenvalue weighted by molar-refractivity contribution is 5.97. The molecule has 2 aliphatic heterocycles. The zero-order chi connectivity index (χ0) is 21.5. The number of likely N-dealkylation sites (tertiary alicyclic amines) is 2. The first-order valence-corrected chi connectivity index (χ1v) is 11.4. The van der Waals surface area contributed by atoms with Gasteiger partial charge in [-0.2, -0.15) is 0 Å². The molecule has 6 heteroatoms. The SMILES string of the molecule is CCN(CCOC)C(=O)c1ccc(C(=O)N2CCC(N3CCCC(C)C3)CC2)cc1. The van der Waals surface area contributed by atoms with Gasteiger partial charge in [0.1, 0.15) is 0 Å². The number of benzene rings is 1. The fourth-order valence-corrected chi connectivity index (χ4v) is 4.72. The molecule has 1 unspecified atom stereocenters. The predicted octanol–water partition coefficient (Wildman–Crippen LogP) is 3.13. The molecule has 2 amide bonds. The third-order valence-corrected chi connectivity index (χ3v) is 6.57. The van der Waals surface area contributed by atoms with Crippen molar-refractivity contribution in [2.24, 2.45) is 5.92 Å². The van der Waals surface area contributed by atoms with Crippen molar-refractivity contribution in [2.45, 2.75) is 45.6 Å². The lowest BCUT2D eigenvalue weighted by Gasteiger charge is -2.41. The molecule has 1 aromatic rings. The normalized spacial score (nSPS) is 20.9. The summed E-state index contributed by atoms with van der Waals surface area (Å²) in [4.78, 5) is 32.0. The van der Waals surface area contributed by atoms with Crippen LogP contribution in [-0.2, 0) is 4.74 Å². The molecule has 6 nitrogen and oxygen atoms in total. The van der Waals surface area contributed by atoms with Crippen molar-refractivity contribution in [3.63, 3.8) is 0 Å². The van der Waals surface area contributed by atoms with Crippen molar-refractivity contribution < 1.29 is 14.3 Å². The van der Waals surface area contributed by atoms with E-state index in [1.165, 1.54) is 25.9 Å². The van der Waals surface area contributed by atoms with Crippen molar-refractivity contribution in [3.05, 3.63) is 35.4 Å². The van der Waals surface area contributed by atoms with Gasteiger partial charge >= 0.3 is 0 Å². The smallest absolute Gasteiger partial charge is 0.253 e. The second-order valence-corrected chi connectivity index (χ2v) is 8.72. The topological polar surface area (TPSA) is 53.1 Å². The molecule has 0 N–H and O–H groups in total. The number of rotatable bonds is 7. The Morgan fingerprint density at radius 1 is 1.07 bits per heavy atom. The van der Waals surface area contributed by atoms with E-state index in [0.717, 1.165) is 31.8 Å². The van der Waals surface area contributed by atoms with Gasteiger partial charge in [-0.05, 0) is 69.3 Å². The van der Waals surface area contributed by atoms with Gasteiger partial charge in [-0.15, -0.1) is 0 Å². The van der Waals surface area contributed by atoms with Gasteiger partial charge in [0.2, 0.25) is 0 Å². The highest BCUT2D eigenvalue weighted by Crippen LogP contribution is 2.24. The van der Waals surface area contributed by atoms with Crippen molar-refractivity contribution in [2.75, 3.05) is 53.0 Å². The molecule has 0 bridgehead atoms. The highest BCUT2D eigenvalue weighted by Gasteiger charge is 2.29. The third kappa shape index (κ3) is 5.61. The summed E-state index contributed by atoms with van der Waals surface area (Å²) in [5, 5.41) is 0. The van der Waals surface area contributed by atoms with Gasteiger partial charge in [0.15, 0.2) is 0 Å². The number of likely N-dealkylation sites (N-methyl/N-ethyl adjacent to an activating group) is 1. The number of methoxy groups -OCH3 is 1. The van der Waals surface area contributed by atoms with Gasteiger partial charge < -0.3 is 14.5 Å². The predicted molar refractivity (Wildman–Crippen MR) is 119 cm³/mol. The van der Waals surface area contributed by atoms with Crippen LogP contribution < -0.4 is 0 Å². The fraction of sp³-hybridized carbons (Fsp3) is 0.667. The molecule has 0 saturated carbocycles. The molecule has 2 aliphatic rings. The van der Waals surface area contributed by atoms with Gasteiger partial charge in [0, 0.05) is 57.0 Å². The number of hydrogen-bond acceptors (Lipinski definition) is 4. The number of carbonyl (C=O) groups excluding carboxylic acids is 2. The van der Waals surface area contributed by atoms with Gasteiger partial charge in [-0.25, -0.2) is 0 Å². The van der Waals surface area contributed by atoms with E-state index in [1.807, 2.05) is 11.8 Å². The highest BCUT2D eigenvalue weighted by atomic mass is 16.5. The van der Waals surface area contributed by atoms with Gasteiger partial charge in [-0.1, -0.05) is 6.92 Å². The maximum atomic E-state index is 12.9. The summed E-state index contributed by atoms with van der Waals surface area (Å²) in [7, 11) is 1.63. The second kappa shape index (κ2) is 10.9. The van der Waals surface area contributed by atoms with Crippen LogP contribution in [-0.4, -0.2) is 85.5 Å². The second-order valence-electron chi connectivity index (χ2n) is 8.72. The molecule has 1 atom stereocenters. The number of hydrogen-bond donors (Lipinski definition) is 0. The zero-order valence-electron chi connectivity index (χ0n) is 18.8. The van der Waals surface area contributed by atoms with E-state index < -0.39 is 0 Å². The van der Waals surface area contributed by atoms with Crippen molar-refractivity contribution in [3.8, 4) is 0 Å². The van der Waals surface area contributed by atoms with E-state index in [2.05, 4.69) is 11.8 Å². The van der Waals surface area contributed by atoms with Crippen molar-refractivity contribution in [1.29, 1.82) is 0 Å². The molecule has 1 aromatic carbocycles. The Morgan fingerprint density at radius 3 is 2.33 bits per heavy atom. The summed E-state index contributed by atoms with van der Waals surface area (Å²) < 4.78 is 5.08. The molecule has 0 aromatic heterocycles. The molecule has 2 saturated heterocycles. The van der Waals surface area contributed by atoms with Crippen molar-refractivity contribution >= 4 is 11.8 Å². The summed E-state index contributed by atoms with van der Waals surface area (Å²) in [5.74, 6) is 0.842. The molecule has 0 aliphatic carbocycles. The number of carbonyl (C=O) groups is 2. The Kier molecular flexibility index (Phi) is 8.28. The molecule has 2 fully saturated rings. The fourth-order valence-electron chi connectivity index (χ4n) is 4.72. The first kappa shape index (κ1) is 22.8. The van der Waals surface area contributed by atoms with Crippen LogP contribution in [0.2, 0.25) is 0 Å². The number of ether oxygens (including phenoxy) is 1. The minimum Gasteiger partial charge on any atom is -0.383 e. The standard InChI is InChI=1S/C24H37N3O3/c1-4-25(16-17-30-3)23(28)20-7-9-21(10-8-20)24(29)26-14-11-22(12-15-26)27-13-5-6-19(2)18-27/h7-10,19,22H,4-6,11-18H2,1-3H3. The van der Waals surface area contributed by atoms with Crippen LogP contribution in [0.1, 0.15) is 60.2 Å². The number of amides is 2. The van der Waals surface area contributed by atoms with Gasteiger partial charge in [0.05, 0.1) is 6.61 Å². The Hall–Kier alpha value is -1.92. The van der Waals surface area contributed by atoms with Crippen LogP contribution in [0, 0.1) is 5.92 Å². The summed E-state index contributed by atoms with van der Waals surface area (Å²) in [6, 6.07) is 7.74. The molecular weight excluding hydrogens is 378 g/mol. The van der Waals surface area contributed by atoms with E-state index in [1.54, 1.807) is 36.3 Å². The Morgan fingerprint density at radius 2 is 1.73 bits per heavy atom. The van der Waals surface area contributed by atoms with E-state index in [9.17, 15) is 9.59 Å². The molecule has 0 radical (unpaired) electrons. The largest absolute Gasteiger partial charge is 0.383 e. The Labute approximate surface area is 181 Å². The van der Waals surface area contributed by atoms with E-state index in [4.69, 9.17) is 4.74 Å². The average molecular weight is 416 g/mol. The quantitative estimate of drug-likeness (QED) is 0.687. The Balaban J connectivity index is 1.54. The number of piperidine rings is 2. The monoisotopic (exact) mass is 415 g/mol. The molecule has 0 spiro atoms. The van der Waals surface area contributed by atoms with Gasteiger partial charge in [0.25, 0.3) is 11.8 Å². The molecule has 2 heterocycles. The first-order valence-electron chi connectivity index (χ1n) is 11.4. The molecular formula is C24H37N3O3. The van der Waals surface area contributed by atoms with E-state index in [-0.39, 0.29) is 11.8 Å². The minimum absolute atomic E-state index is 0.0230. The lowest BCUT2D eigenvalue weighted by Crippen LogP contribution is -2.49. The Bertz CT molecular complexity index is 698. The van der Waals surface area contributed by atoms with E-state index in [0.29, 0.717) is 36.9 Å². The summed E-state index contributed by atoms with van der Waals surface area (Å²) in [5.41, 5.74) is 1.28. The van der Waals surface area contributed by atoms with Crippen LogP contribution in [0.25, 0.3) is 0 Å². The molecule has 3 rings (SSSR count). The van der Waals surface area contributed by atoms with Crippen LogP contribution in [0.4, 0.5) is 0 Å². The average Bonchev–Trinajstić information content (AvgIpc) is 2.79. The van der Waals surface area contributed by atoms with Crippen molar-refractivity contribution in [1.82, 2.24) is 14.7 Å². The minimum atomic E-state index is -0.0230. The summed E-state index contributed by atoms with van der Waals surface area (Å²) in [6.07, 6.45) is 4.75.